The lowest BCUT2D eigenvalue weighted by atomic mass is 9.90. The summed E-state index contributed by atoms with van der Waals surface area (Å²) in [5, 5.41) is 0.141. The average molecular weight is 293 g/mol. The molecule has 5 heteroatoms. The number of carbonyl (C=O) groups is 2. The van der Waals surface area contributed by atoms with E-state index in [0.29, 0.717) is 0 Å². The molecule has 0 aliphatic rings. The highest BCUT2D eigenvalue weighted by atomic mass is 79.9. The molecule has 0 amide bonds. The Morgan fingerprint density at radius 2 is 1.62 bits per heavy atom. The molecule has 0 fully saturated rings. The van der Waals surface area contributed by atoms with Crippen molar-refractivity contribution in [1.29, 1.82) is 0 Å². The topological polar surface area (TPSA) is 52.6 Å². The van der Waals surface area contributed by atoms with Gasteiger partial charge in [-0.2, -0.15) is 0 Å². The van der Waals surface area contributed by atoms with Crippen molar-refractivity contribution < 1.29 is 19.1 Å². The molecule has 16 heavy (non-hydrogen) atoms. The van der Waals surface area contributed by atoms with Crippen molar-refractivity contribution in [3.05, 3.63) is 12.2 Å². The average Bonchev–Trinajstić information content (AvgIpc) is 2.26. The Kier molecular flexibility index (Phi) is 7.05. The Bertz CT molecular complexity index is 255. The largest absolute Gasteiger partial charge is 0.465 e. The van der Waals surface area contributed by atoms with Gasteiger partial charge in [0.1, 0.15) is 0 Å². The highest BCUT2D eigenvalue weighted by Crippen LogP contribution is 2.26. The first-order chi connectivity index (χ1) is 7.58. The van der Waals surface area contributed by atoms with E-state index in [2.05, 4.69) is 15.9 Å². The smallest absolute Gasteiger partial charge is 0.328 e. The molecule has 0 aromatic heterocycles. The fourth-order valence-corrected chi connectivity index (χ4v) is 1.82. The molecule has 0 unspecified atom stereocenters. The van der Waals surface area contributed by atoms with Gasteiger partial charge in [-0.15, -0.1) is 0 Å². The molecule has 0 heterocycles. The summed E-state index contributed by atoms with van der Waals surface area (Å²) >= 11 is 3.16. The highest BCUT2D eigenvalue weighted by molar-refractivity contribution is 9.09. The molecule has 0 aromatic rings. The summed E-state index contributed by atoms with van der Waals surface area (Å²) in [5.74, 6) is -1.19. The SMILES string of the molecule is CC=CC(CBr)(C(=O)OCC)C(=O)OCC. The van der Waals surface area contributed by atoms with Crippen LogP contribution in [0, 0.1) is 5.41 Å². The van der Waals surface area contributed by atoms with Crippen molar-refractivity contribution in [1.82, 2.24) is 0 Å². The third-order valence-corrected chi connectivity index (χ3v) is 2.83. The number of hydrogen-bond acceptors (Lipinski definition) is 4. The van der Waals surface area contributed by atoms with Gasteiger partial charge in [0, 0.05) is 5.33 Å². The van der Waals surface area contributed by atoms with E-state index in [9.17, 15) is 9.59 Å². The van der Waals surface area contributed by atoms with Crippen LogP contribution in [0.25, 0.3) is 0 Å². The molecule has 0 saturated carbocycles. The standard InChI is InChI=1S/C11H17BrO4/c1-4-7-11(8-12,9(13)15-5-2)10(14)16-6-3/h4,7H,5-6,8H2,1-3H3. The van der Waals surface area contributed by atoms with Crippen LogP contribution in [0.2, 0.25) is 0 Å². The van der Waals surface area contributed by atoms with Gasteiger partial charge in [0.2, 0.25) is 0 Å². The summed E-state index contributed by atoms with van der Waals surface area (Å²) in [6.07, 6.45) is 3.13. The minimum Gasteiger partial charge on any atom is -0.465 e. The zero-order chi connectivity index (χ0) is 12.6. The molecule has 0 radical (unpaired) electrons. The van der Waals surface area contributed by atoms with Crippen LogP contribution in [0.3, 0.4) is 0 Å². The van der Waals surface area contributed by atoms with Crippen LogP contribution >= 0.6 is 15.9 Å². The highest BCUT2D eigenvalue weighted by Gasteiger charge is 2.45. The van der Waals surface area contributed by atoms with Crippen molar-refractivity contribution in [3.8, 4) is 0 Å². The maximum absolute atomic E-state index is 11.8. The monoisotopic (exact) mass is 292 g/mol. The molecule has 0 spiro atoms. The number of alkyl halides is 1. The minimum absolute atomic E-state index is 0.141. The van der Waals surface area contributed by atoms with Crippen molar-refractivity contribution in [2.45, 2.75) is 20.8 Å². The molecule has 0 rings (SSSR count). The summed E-state index contributed by atoms with van der Waals surface area (Å²) in [6.45, 7) is 5.57. The van der Waals surface area contributed by atoms with Gasteiger partial charge in [-0.25, -0.2) is 0 Å². The zero-order valence-corrected chi connectivity index (χ0v) is 11.4. The molecule has 92 valence electrons. The van der Waals surface area contributed by atoms with Gasteiger partial charge >= 0.3 is 11.9 Å². The van der Waals surface area contributed by atoms with Crippen LogP contribution in [0.15, 0.2) is 12.2 Å². The Hall–Kier alpha value is -0.840. The third kappa shape index (κ3) is 3.33. The minimum atomic E-state index is -1.37. The molecule has 0 atom stereocenters. The van der Waals surface area contributed by atoms with E-state index in [1.165, 1.54) is 6.08 Å². The molecular weight excluding hydrogens is 276 g/mol. The van der Waals surface area contributed by atoms with E-state index < -0.39 is 17.4 Å². The number of allylic oxidation sites excluding steroid dienone is 1. The third-order valence-electron chi connectivity index (χ3n) is 1.94. The number of ether oxygens (including phenoxy) is 2. The van der Waals surface area contributed by atoms with Gasteiger partial charge in [0.05, 0.1) is 13.2 Å². The van der Waals surface area contributed by atoms with Crippen LogP contribution < -0.4 is 0 Å². The molecule has 0 aromatic carbocycles. The number of hydrogen-bond donors (Lipinski definition) is 0. The second-order valence-electron chi connectivity index (χ2n) is 3.05. The normalized spacial score (nSPS) is 11.5. The summed E-state index contributed by atoms with van der Waals surface area (Å²) in [4.78, 5) is 23.6. The van der Waals surface area contributed by atoms with Gasteiger partial charge in [-0.1, -0.05) is 28.1 Å². The van der Waals surface area contributed by atoms with Gasteiger partial charge in [-0.3, -0.25) is 9.59 Å². The lowest BCUT2D eigenvalue weighted by Gasteiger charge is -2.23. The molecule has 0 bridgehead atoms. The first-order valence-corrected chi connectivity index (χ1v) is 6.25. The van der Waals surface area contributed by atoms with E-state index in [0.717, 1.165) is 0 Å². The van der Waals surface area contributed by atoms with Gasteiger partial charge in [-0.05, 0) is 20.8 Å². The van der Waals surface area contributed by atoms with E-state index in [1.54, 1.807) is 26.8 Å². The fourth-order valence-electron chi connectivity index (χ4n) is 1.18. The molecule has 0 aliphatic carbocycles. The van der Waals surface area contributed by atoms with E-state index in [1.807, 2.05) is 0 Å². The first-order valence-electron chi connectivity index (χ1n) is 5.13. The summed E-state index contributed by atoms with van der Waals surface area (Å²) < 4.78 is 9.79. The maximum Gasteiger partial charge on any atom is 0.328 e. The molecule has 0 aliphatic heterocycles. The molecule has 0 N–H and O–H groups in total. The van der Waals surface area contributed by atoms with Gasteiger partial charge < -0.3 is 9.47 Å². The molecule has 4 nitrogen and oxygen atoms in total. The number of halogens is 1. The van der Waals surface area contributed by atoms with Crippen LogP contribution in [-0.4, -0.2) is 30.5 Å². The summed E-state index contributed by atoms with van der Waals surface area (Å²) in [5.41, 5.74) is -1.37. The number of esters is 2. The fraction of sp³-hybridized carbons (Fsp3) is 0.636. The summed E-state index contributed by atoms with van der Waals surface area (Å²) in [6, 6.07) is 0. The zero-order valence-electron chi connectivity index (χ0n) is 9.79. The Morgan fingerprint density at radius 1 is 1.19 bits per heavy atom. The maximum atomic E-state index is 11.8. The lowest BCUT2D eigenvalue weighted by Crippen LogP contribution is -2.42. The number of rotatable bonds is 6. The van der Waals surface area contributed by atoms with Gasteiger partial charge in [0.25, 0.3) is 0 Å². The van der Waals surface area contributed by atoms with Crippen LogP contribution in [-0.2, 0) is 19.1 Å². The van der Waals surface area contributed by atoms with Gasteiger partial charge in [0.15, 0.2) is 5.41 Å². The Balaban J connectivity index is 5.13. The van der Waals surface area contributed by atoms with Crippen molar-refractivity contribution in [3.63, 3.8) is 0 Å². The van der Waals surface area contributed by atoms with Crippen LogP contribution in [0.4, 0.5) is 0 Å². The van der Waals surface area contributed by atoms with Crippen molar-refractivity contribution in [2.24, 2.45) is 5.41 Å². The van der Waals surface area contributed by atoms with E-state index in [-0.39, 0.29) is 18.5 Å². The molecule has 0 saturated heterocycles. The number of carbonyl (C=O) groups excluding carboxylic acids is 2. The van der Waals surface area contributed by atoms with Crippen LogP contribution in [0.1, 0.15) is 20.8 Å². The van der Waals surface area contributed by atoms with Crippen molar-refractivity contribution >= 4 is 27.9 Å². The molecular formula is C11H17BrO4. The van der Waals surface area contributed by atoms with E-state index in [4.69, 9.17) is 9.47 Å². The lowest BCUT2D eigenvalue weighted by molar-refractivity contribution is -0.166. The quantitative estimate of drug-likeness (QED) is 0.325. The first kappa shape index (κ1) is 15.2. The van der Waals surface area contributed by atoms with E-state index >= 15 is 0 Å². The predicted molar refractivity (Wildman–Crippen MR) is 64.3 cm³/mol. The Labute approximate surface area is 104 Å². The predicted octanol–water partition coefficient (Wildman–Crippen LogP) is 2.07. The second-order valence-corrected chi connectivity index (χ2v) is 3.61. The van der Waals surface area contributed by atoms with Crippen molar-refractivity contribution in [2.75, 3.05) is 18.5 Å². The Morgan fingerprint density at radius 3 is 1.88 bits per heavy atom. The summed E-state index contributed by atoms with van der Waals surface area (Å²) in [7, 11) is 0. The van der Waals surface area contributed by atoms with Crippen LogP contribution in [0.5, 0.6) is 0 Å². The second kappa shape index (κ2) is 7.44.